The van der Waals surface area contributed by atoms with Crippen LogP contribution in [0, 0.1) is 0 Å². The van der Waals surface area contributed by atoms with Gasteiger partial charge >= 0.3 is 12.0 Å². The van der Waals surface area contributed by atoms with Crippen molar-refractivity contribution in [2.45, 2.75) is 32.5 Å². The molecule has 0 radical (unpaired) electrons. The van der Waals surface area contributed by atoms with Crippen molar-refractivity contribution < 1.29 is 38.4 Å². The molecule has 1 aliphatic rings. The summed E-state index contributed by atoms with van der Waals surface area (Å²) in [5.74, 6) is 1.33. The van der Waals surface area contributed by atoms with Gasteiger partial charge in [0.15, 0.2) is 29.2 Å². The molecule has 12 nitrogen and oxygen atoms in total. The van der Waals surface area contributed by atoms with E-state index in [0.29, 0.717) is 47.3 Å². The number of methoxy groups -OCH3 is 3. The van der Waals surface area contributed by atoms with E-state index >= 15 is 0 Å². The van der Waals surface area contributed by atoms with Crippen LogP contribution in [0.5, 0.6) is 23.0 Å². The summed E-state index contributed by atoms with van der Waals surface area (Å²) in [7, 11) is 4.40. The maximum atomic E-state index is 12.4. The number of nitrogens with one attached hydrogen (secondary N) is 3. The van der Waals surface area contributed by atoms with Crippen molar-refractivity contribution in [1.29, 1.82) is 0 Å². The van der Waals surface area contributed by atoms with Gasteiger partial charge < -0.3 is 39.4 Å². The van der Waals surface area contributed by atoms with Crippen LogP contribution >= 0.6 is 0 Å². The number of ether oxygens (including phenoxy) is 5. The molecule has 3 rings (SSSR count). The van der Waals surface area contributed by atoms with Crippen molar-refractivity contribution in [2.75, 3.05) is 34.5 Å². The molecule has 0 saturated carbocycles. The smallest absolute Gasteiger partial charge is 0.337 e. The Bertz CT molecular complexity index is 1320. The number of urea groups is 1. The van der Waals surface area contributed by atoms with Crippen LogP contribution in [0.15, 0.2) is 59.4 Å². The summed E-state index contributed by atoms with van der Waals surface area (Å²) < 4.78 is 27.3. The zero-order valence-corrected chi connectivity index (χ0v) is 23.8. The first-order chi connectivity index (χ1) is 19.8. The Kier molecular flexibility index (Phi) is 11.0. The van der Waals surface area contributed by atoms with Crippen LogP contribution in [0.4, 0.5) is 4.79 Å². The van der Waals surface area contributed by atoms with E-state index in [9.17, 15) is 14.7 Å². The second kappa shape index (κ2) is 14.6. The molecule has 0 bridgehead atoms. The monoisotopic (exact) mass is 568 g/mol. The number of hydrogen-bond donors (Lipinski definition) is 4. The first-order valence-corrected chi connectivity index (χ1v) is 12.8. The van der Waals surface area contributed by atoms with Crippen molar-refractivity contribution in [2.24, 2.45) is 5.10 Å². The number of hydrazone groups is 1. The molecular formula is C29H36N4O8. The van der Waals surface area contributed by atoms with Crippen LogP contribution in [-0.4, -0.2) is 64.1 Å². The van der Waals surface area contributed by atoms with Gasteiger partial charge in [-0.25, -0.2) is 9.59 Å². The van der Waals surface area contributed by atoms with Gasteiger partial charge in [0.25, 0.3) is 0 Å². The highest BCUT2D eigenvalue weighted by Gasteiger charge is 2.32. The molecule has 0 aliphatic carbocycles. The second-order valence-electron chi connectivity index (χ2n) is 8.82. The Hall–Kier alpha value is -4.71. The van der Waals surface area contributed by atoms with Crippen LogP contribution in [-0.2, 0) is 16.0 Å². The van der Waals surface area contributed by atoms with Gasteiger partial charge in [-0.15, -0.1) is 6.58 Å². The van der Waals surface area contributed by atoms with E-state index in [0.717, 1.165) is 11.1 Å². The van der Waals surface area contributed by atoms with Gasteiger partial charge in [-0.3, -0.25) is 5.43 Å². The van der Waals surface area contributed by atoms with E-state index in [2.05, 4.69) is 27.7 Å². The summed E-state index contributed by atoms with van der Waals surface area (Å²) in [6, 6.07) is 7.46. The minimum Gasteiger partial charge on any atom is -0.493 e. The molecule has 0 unspecified atom stereocenters. The fourth-order valence-electron chi connectivity index (χ4n) is 4.27. The van der Waals surface area contributed by atoms with Gasteiger partial charge in [0.1, 0.15) is 6.61 Å². The average molecular weight is 569 g/mol. The standard InChI is InChI=1S/C29H36N4O8/c1-7-9-20-12-18(13-23(37-4)27(20)38-5)15-30-33-24(34)16-41-21-11-10-19(14-22(21)40-8-2)26-25(28(35)39-6)17(3)31-29(36)32-26/h7,10-15,24,26,33-34H,1,8-9,16H2,2-6H3,(H2,31,32,36)/b30-15-/t24-,26+/m0/s1. The van der Waals surface area contributed by atoms with Crippen molar-refractivity contribution in [3.63, 3.8) is 0 Å². The molecule has 220 valence electrons. The van der Waals surface area contributed by atoms with Crippen LogP contribution in [0.25, 0.3) is 0 Å². The highest BCUT2D eigenvalue weighted by molar-refractivity contribution is 5.95. The number of nitrogens with zero attached hydrogens (tertiary/aromatic N) is 1. The molecule has 0 fully saturated rings. The van der Waals surface area contributed by atoms with Gasteiger partial charge in [0.05, 0.1) is 45.8 Å². The molecular weight excluding hydrogens is 532 g/mol. The molecule has 1 aliphatic heterocycles. The predicted octanol–water partition coefficient (Wildman–Crippen LogP) is 2.95. The normalized spacial score (nSPS) is 15.5. The largest absolute Gasteiger partial charge is 0.493 e. The van der Waals surface area contributed by atoms with Crippen molar-refractivity contribution in [3.8, 4) is 23.0 Å². The lowest BCUT2D eigenvalue weighted by atomic mass is 9.95. The van der Waals surface area contributed by atoms with Crippen molar-refractivity contribution in [3.05, 3.63) is 70.9 Å². The summed E-state index contributed by atoms with van der Waals surface area (Å²) >= 11 is 0. The summed E-state index contributed by atoms with van der Waals surface area (Å²) in [6.07, 6.45) is 2.74. The number of hydrogen-bond acceptors (Lipinski definition) is 10. The number of allylic oxidation sites excluding steroid dienone is 2. The quantitative estimate of drug-likeness (QED) is 0.0887. The Labute approximate surface area is 239 Å². The van der Waals surface area contributed by atoms with E-state index in [1.54, 1.807) is 57.7 Å². The van der Waals surface area contributed by atoms with Crippen LogP contribution in [0.1, 0.15) is 36.6 Å². The van der Waals surface area contributed by atoms with E-state index in [4.69, 9.17) is 23.7 Å². The number of aliphatic hydroxyl groups excluding tert-OH is 1. The third-order valence-corrected chi connectivity index (χ3v) is 6.05. The maximum absolute atomic E-state index is 12.4. The van der Waals surface area contributed by atoms with Crippen LogP contribution < -0.4 is 35.0 Å². The Morgan fingerprint density at radius 1 is 1.15 bits per heavy atom. The second-order valence-corrected chi connectivity index (χ2v) is 8.82. The van der Waals surface area contributed by atoms with E-state index < -0.39 is 24.3 Å². The maximum Gasteiger partial charge on any atom is 0.337 e. The SMILES string of the molecule is C=CCc1cc(/C=N\N[C@@H](O)COc2ccc([C@H]3NC(=O)NC(C)=C3C(=O)OC)cc2OCC)cc(OC)c1OC. The predicted molar refractivity (Wildman–Crippen MR) is 152 cm³/mol. The first-order valence-electron chi connectivity index (χ1n) is 12.8. The van der Waals surface area contributed by atoms with Gasteiger partial charge in [-0.2, -0.15) is 5.10 Å². The minimum absolute atomic E-state index is 0.152. The van der Waals surface area contributed by atoms with Gasteiger partial charge in [0, 0.05) is 11.3 Å². The van der Waals surface area contributed by atoms with Crippen LogP contribution in [0.3, 0.4) is 0 Å². The third kappa shape index (κ3) is 7.70. The van der Waals surface area contributed by atoms with E-state index in [-0.39, 0.29) is 12.2 Å². The van der Waals surface area contributed by atoms with Crippen molar-refractivity contribution in [1.82, 2.24) is 16.1 Å². The first kappa shape index (κ1) is 30.8. The highest BCUT2D eigenvalue weighted by atomic mass is 16.5. The molecule has 12 heteroatoms. The molecule has 0 saturated heterocycles. The number of benzene rings is 2. The third-order valence-electron chi connectivity index (χ3n) is 6.05. The topological polar surface area (TPSA) is 149 Å². The molecule has 0 spiro atoms. The molecule has 2 aromatic rings. The number of carbonyl (C=O) groups excluding carboxylic acids is 2. The summed E-state index contributed by atoms with van der Waals surface area (Å²) in [6.45, 7) is 7.40. The van der Waals surface area contributed by atoms with Gasteiger partial charge in [-0.05, 0) is 55.7 Å². The van der Waals surface area contributed by atoms with Crippen molar-refractivity contribution >= 4 is 18.2 Å². The molecule has 0 aromatic heterocycles. The summed E-state index contributed by atoms with van der Waals surface area (Å²) in [4.78, 5) is 24.5. The van der Waals surface area contributed by atoms with Crippen LogP contribution in [0.2, 0.25) is 0 Å². The molecule has 1 heterocycles. The molecule has 2 atom stereocenters. The Balaban J connectivity index is 1.71. The molecule has 2 aromatic carbocycles. The van der Waals surface area contributed by atoms with Gasteiger partial charge in [-0.1, -0.05) is 12.1 Å². The van der Waals surface area contributed by atoms with E-state index in [1.807, 2.05) is 13.0 Å². The molecule has 4 N–H and O–H groups in total. The minimum atomic E-state index is -1.14. The average Bonchev–Trinajstić information content (AvgIpc) is 2.95. The Morgan fingerprint density at radius 2 is 1.93 bits per heavy atom. The summed E-state index contributed by atoms with van der Waals surface area (Å²) in [5, 5.41) is 19.8. The lowest BCUT2D eigenvalue weighted by Gasteiger charge is -2.28. The molecule has 41 heavy (non-hydrogen) atoms. The Morgan fingerprint density at radius 3 is 2.59 bits per heavy atom. The number of rotatable bonds is 14. The number of carbonyl (C=O) groups is 2. The lowest BCUT2D eigenvalue weighted by molar-refractivity contribution is -0.136. The fourth-order valence-corrected chi connectivity index (χ4v) is 4.27. The fraction of sp³-hybridized carbons (Fsp3) is 0.345. The number of aliphatic hydroxyl groups is 1. The highest BCUT2D eigenvalue weighted by Crippen LogP contribution is 2.35. The number of amides is 2. The molecule has 2 amide bonds. The zero-order chi connectivity index (χ0) is 29.9. The van der Waals surface area contributed by atoms with E-state index in [1.165, 1.54) is 7.11 Å². The number of esters is 1. The summed E-state index contributed by atoms with van der Waals surface area (Å²) in [5.41, 5.74) is 5.49. The lowest BCUT2D eigenvalue weighted by Crippen LogP contribution is -2.45. The zero-order valence-electron chi connectivity index (χ0n) is 23.8. The van der Waals surface area contributed by atoms with Gasteiger partial charge in [0.2, 0.25) is 0 Å².